The summed E-state index contributed by atoms with van der Waals surface area (Å²) in [6.07, 6.45) is -3.35. The Morgan fingerprint density at radius 2 is 1.77 bits per heavy atom. The first kappa shape index (κ1) is 29.8. The highest BCUT2D eigenvalue weighted by atomic mass is 35.5. The van der Waals surface area contributed by atoms with Gasteiger partial charge in [-0.2, -0.15) is 13.2 Å². The Labute approximate surface area is 229 Å². The van der Waals surface area contributed by atoms with Crippen molar-refractivity contribution in [3.8, 4) is 11.6 Å². The fourth-order valence-corrected chi connectivity index (χ4v) is 3.97. The Hall–Kier alpha value is -3.79. The van der Waals surface area contributed by atoms with E-state index < -0.39 is 35.2 Å². The third kappa shape index (κ3) is 8.61. The number of alkyl halides is 3. The van der Waals surface area contributed by atoms with E-state index in [4.69, 9.17) is 26.8 Å². The average molecular weight is 564 g/mol. The Morgan fingerprint density at radius 3 is 2.36 bits per heavy atom. The van der Waals surface area contributed by atoms with Gasteiger partial charge >= 0.3 is 6.18 Å². The number of ether oxygens (including phenoxy) is 2. The van der Waals surface area contributed by atoms with Crippen LogP contribution in [0.5, 0.6) is 11.6 Å². The number of hydrogen-bond acceptors (Lipinski definition) is 5. The number of hydrogen-bond donors (Lipinski definition) is 2. The van der Waals surface area contributed by atoms with Crippen molar-refractivity contribution in [1.29, 1.82) is 0 Å². The number of aromatic nitrogens is 1. The minimum atomic E-state index is -4.53. The van der Waals surface area contributed by atoms with Crippen molar-refractivity contribution in [3.05, 3.63) is 88.6 Å². The molecule has 0 radical (unpaired) electrons. The van der Waals surface area contributed by atoms with Crippen molar-refractivity contribution in [2.24, 2.45) is 5.73 Å². The lowest BCUT2D eigenvalue weighted by Crippen LogP contribution is -2.51. The smallest absolute Gasteiger partial charge is 0.417 e. The molecule has 2 atom stereocenters. The van der Waals surface area contributed by atoms with Crippen LogP contribution in [0.4, 0.5) is 13.2 Å². The van der Waals surface area contributed by atoms with Crippen LogP contribution in [0.25, 0.3) is 0 Å². The summed E-state index contributed by atoms with van der Waals surface area (Å²) in [6, 6.07) is 15.9. The lowest BCUT2D eigenvalue weighted by atomic mass is 9.86. The quantitative estimate of drug-likeness (QED) is 0.329. The number of halogens is 4. The predicted molar refractivity (Wildman–Crippen MR) is 141 cm³/mol. The van der Waals surface area contributed by atoms with Crippen LogP contribution >= 0.6 is 11.6 Å². The highest BCUT2D eigenvalue weighted by molar-refractivity contribution is 6.30. The molecule has 1 heterocycles. The SMILES string of the molecule is CC(NC(=O)C(C)(C)Oc1ccc(C(F)(F)F)cn1)C(Cc1ccc(Cl)cc1)c1cccc(OCC(N)=O)c1. The lowest BCUT2D eigenvalue weighted by molar-refractivity contribution is -0.138. The molecule has 2 amide bonds. The zero-order valence-corrected chi connectivity index (χ0v) is 22.3. The number of amides is 2. The van der Waals surface area contributed by atoms with Crippen LogP contribution in [0, 0.1) is 0 Å². The molecule has 0 spiro atoms. The Morgan fingerprint density at radius 1 is 1.08 bits per heavy atom. The first-order valence-corrected chi connectivity index (χ1v) is 12.4. The molecule has 2 unspecified atom stereocenters. The third-order valence-corrected chi connectivity index (χ3v) is 6.22. The van der Waals surface area contributed by atoms with Gasteiger partial charge in [0.2, 0.25) is 5.88 Å². The van der Waals surface area contributed by atoms with E-state index in [1.54, 1.807) is 30.3 Å². The van der Waals surface area contributed by atoms with E-state index in [1.807, 2.05) is 25.1 Å². The van der Waals surface area contributed by atoms with Crippen LogP contribution in [0.15, 0.2) is 66.9 Å². The van der Waals surface area contributed by atoms with Gasteiger partial charge in [-0.15, -0.1) is 0 Å². The van der Waals surface area contributed by atoms with Gasteiger partial charge in [0.15, 0.2) is 12.2 Å². The van der Waals surface area contributed by atoms with E-state index in [0.717, 1.165) is 23.3 Å². The van der Waals surface area contributed by atoms with Crippen molar-refractivity contribution in [3.63, 3.8) is 0 Å². The lowest BCUT2D eigenvalue weighted by Gasteiger charge is -2.31. The monoisotopic (exact) mass is 563 g/mol. The van der Waals surface area contributed by atoms with Crippen molar-refractivity contribution < 1.29 is 32.2 Å². The number of nitrogens with zero attached hydrogens (tertiary/aromatic N) is 1. The molecule has 0 aliphatic heterocycles. The van der Waals surface area contributed by atoms with Crippen LogP contribution in [0.3, 0.4) is 0 Å². The minimum Gasteiger partial charge on any atom is -0.484 e. The standard InChI is InChI=1S/C28H29ClF3N3O4/c1-17(35-26(37)27(2,3)39-25-12-9-20(15-34-25)28(30,31)32)23(13-18-7-10-21(29)11-8-18)19-5-4-6-22(14-19)38-16-24(33)36/h4-12,14-15,17,23H,13,16H2,1-3H3,(H2,33,36)(H,35,37). The summed E-state index contributed by atoms with van der Waals surface area (Å²) in [5, 5.41) is 3.56. The van der Waals surface area contributed by atoms with Gasteiger partial charge in [-0.05, 0) is 68.7 Å². The first-order valence-electron chi connectivity index (χ1n) is 12.0. The van der Waals surface area contributed by atoms with Gasteiger partial charge in [0.25, 0.3) is 11.8 Å². The molecule has 208 valence electrons. The van der Waals surface area contributed by atoms with Gasteiger partial charge in [0, 0.05) is 29.2 Å². The van der Waals surface area contributed by atoms with Crippen LogP contribution < -0.4 is 20.5 Å². The zero-order valence-electron chi connectivity index (χ0n) is 21.6. The molecule has 7 nitrogen and oxygen atoms in total. The van der Waals surface area contributed by atoms with Gasteiger partial charge in [-0.25, -0.2) is 4.98 Å². The minimum absolute atomic E-state index is 0.118. The van der Waals surface area contributed by atoms with Crippen LogP contribution in [0.2, 0.25) is 5.02 Å². The van der Waals surface area contributed by atoms with Gasteiger partial charge in [-0.3, -0.25) is 9.59 Å². The van der Waals surface area contributed by atoms with E-state index in [9.17, 15) is 22.8 Å². The van der Waals surface area contributed by atoms with Crippen molar-refractivity contribution in [2.75, 3.05) is 6.61 Å². The fourth-order valence-electron chi connectivity index (χ4n) is 3.84. The summed E-state index contributed by atoms with van der Waals surface area (Å²) >= 11 is 6.04. The second-order valence-electron chi connectivity index (χ2n) is 9.52. The fraction of sp³-hybridized carbons (Fsp3) is 0.321. The summed E-state index contributed by atoms with van der Waals surface area (Å²) in [4.78, 5) is 28.1. The molecule has 11 heteroatoms. The Kier molecular flexibility index (Phi) is 9.45. The van der Waals surface area contributed by atoms with E-state index in [-0.39, 0.29) is 18.4 Å². The van der Waals surface area contributed by atoms with Gasteiger partial charge in [0.05, 0.1) is 5.56 Å². The number of carbonyl (C=O) groups is 2. The molecular weight excluding hydrogens is 535 g/mol. The molecular formula is C28H29ClF3N3O4. The maximum Gasteiger partial charge on any atom is 0.417 e. The van der Waals surface area contributed by atoms with Crippen LogP contribution in [-0.2, 0) is 22.2 Å². The van der Waals surface area contributed by atoms with Crippen molar-refractivity contribution in [2.45, 2.75) is 50.9 Å². The van der Waals surface area contributed by atoms with Crippen LogP contribution in [-0.4, -0.2) is 35.0 Å². The summed E-state index contributed by atoms with van der Waals surface area (Å²) in [6.45, 7) is 4.56. The number of nitrogens with two attached hydrogens (primary N) is 1. The number of pyridine rings is 1. The summed E-state index contributed by atoms with van der Waals surface area (Å²) in [5.41, 5.74) is 4.63. The second kappa shape index (κ2) is 12.4. The normalized spacial score (nSPS) is 13.3. The van der Waals surface area contributed by atoms with E-state index >= 15 is 0 Å². The predicted octanol–water partition coefficient (Wildman–Crippen LogP) is 5.31. The van der Waals surface area contributed by atoms with Crippen molar-refractivity contribution in [1.82, 2.24) is 10.3 Å². The molecule has 39 heavy (non-hydrogen) atoms. The topological polar surface area (TPSA) is 104 Å². The number of rotatable bonds is 11. The van der Waals surface area contributed by atoms with E-state index in [2.05, 4.69) is 10.3 Å². The van der Waals surface area contributed by atoms with Gasteiger partial charge < -0.3 is 20.5 Å². The molecule has 2 aromatic carbocycles. The molecule has 0 fully saturated rings. The first-order chi connectivity index (χ1) is 18.2. The molecule has 3 rings (SSSR count). The van der Waals surface area contributed by atoms with Crippen molar-refractivity contribution >= 4 is 23.4 Å². The average Bonchev–Trinajstić information content (AvgIpc) is 2.86. The number of primary amides is 1. The number of carbonyl (C=O) groups excluding carboxylic acids is 2. The maximum atomic E-state index is 13.2. The maximum absolute atomic E-state index is 13.2. The third-order valence-electron chi connectivity index (χ3n) is 5.97. The molecule has 0 saturated carbocycles. The highest BCUT2D eigenvalue weighted by Crippen LogP contribution is 2.31. The van der Waals surface area contributed by atoms with Crippen LogP contribution in [0.1, 0.15) is 43.4 Å². The molecule has 0 aliphatic rings. The number of nitrogens with one attached hydrogen (secondary N) is 1. The van der Waals surface area contributed by atoms with Gasteiger partial charge in [-0.1, -0.05) is 35.9 Å². The number of benzene rings is 2. The highest BCUT2D eigenvalue weighted by Gasteiger charge is 2.34. The largest absolute Gasteiger partial charge is 0.484 e. The summed E-state index contributed by atoms with van der Waals surface area (Å²) < 4.78 is 49.6. The molecule has 0 aliphatic carbocycles. The molecule has 0 bridgehead atoms. The summed E-state index contributed by atoms with van der Waals surface area (Å²) in [5.74, 6) is -1.01. The summed E-state index contributed by atoms with van der Waals surface area (Å²) in [7, 11) is 0. The molecule has 3 aromatic rings. The molecule has 0 saturated heterocycles. The Bertz CT molecular complexity index is 1280. The zero-order chi connectivity index (χ0) is 28.8. The Balaban J connectivity index is 1.80. The molecule has 1 aromatic heterocycles. The van der Waals surface area contributed by atoms with E-state index in [1.165, 1.54) is 13.8 Å². The van der Waals surface area contributed by atoms with Gasteiger partial charge in [0.1, 0.15) is 5.75 Å². The second-order valence-corrected chi connectivity index (χ2v) is 9.96. The molecule has 3 N–H and O–H groups in total. The van der Waals surface area contributed by atoms with E-state index in [0.29, 0.717) is 23.4 Å².